The first kappa shape index (κ1) is 15.9. The Morgan fingerprint density at radius 2 is 1.55 bits per heavy atom. The summed E-state index contributed by atoms with van der Waals surface area (Å²) in [6.45, 7) is 0. The summed E-state index contributed by atoms with van der Waals surface area (Å²) >= 11 is 20.7. The maximum atomic E-state index is 12.3. The molecule has 106 valence electrons. The van der Waals surface area contributed by atoms with Gasteiger partial charge in [-0.1, -0.05) is 34.8 Å². The normalized spacial score (nSPS) is 11.4. The van der Waals surface area contributed by atoms with Crippen molar-refractivity contribution in [3.05, 3.63) is 55.9 Å². The summed E-state index contributed by atoms with van der Waals surface area (Å²) in [5, 5.41) is 0.859. The van der Waals surface area contributed by atoms with Crippen molar-refractivity contribution in [3.63, 3.8) is 0 Å². The first-order chi connectivity index (χ1) is 9.29. The lowest BCUT2D eigenvalue weighted by Gasteiger charge is -2.11. The highest BCUT2D eigenvalue weighted by Crippen LogP contribution is 2.30. The first-order valence-corrected chi connectivity index (χ1v) is 8.63. The summed E-state index contributed by atoms with van der Waals surface area (Å²) in [5.41, 5.74) is 0.352. The molecule has 0 atom stereocenters. The molecule has 3 nitrogen and oxygen atoms in total. The quantitative estimate of drug-likeness (QED) is 0.748. The van der Waals surface area contributed by atoms with Gasteiger partial charge in [-0.25, -0.2) is 8.42 Å². The molecule has 0 spiro atoms. The molecule has 0 aromatic heterocycles. The molecule has 0 aliphatic heterocycles. The largest absolute Gasteiger partial charge is 0.278 e. The van der Waals surface area contributed by atoms with Crippen LogP contribution in [-0.2, 0) is 10.0 Å². The number of rotatable bonds is 3. The minimum absolute atomic E-state index is 0.0893. The Kier molecular flexibility index (Phi) is 4.87. The van der Waals surface area contributed by atoms with E-state index in [1.165, 1.54) is 18.2 Å². The predicted octanol–water partition coefficient (Wildman–Crippen LogP) is 5.21. The van der Waals surface area contributed by atoms with E-state index in [2.05, 4.69) is 20.7 Å². The lowest BCUT2D eigenvalue weighted by Crippen LogP contribution is -2.13. The summed E-state index contributed by atoms with van der Waals surface area (Å²) in [5.74, 6) is 0. The van der Waals surface area contributed by atoms with E-state index < -0.39 is 10.0 Å². The second kappa shape index (κ2) is 6.12. The zero-order valence-corrected chi connectivity index (χ0v) is 14.4. The minimum Gasteiger partial charge on any atom is -0.278 e. The number of anilines is 1. The molecule has 8 heteroatoms. The Morgan fingerprint density at radius 3 is 2.20 bits per heavy atom. The standard InChI is InChI=1S/C12H7BrCl3NO2S/c13-9-5-7(14)2-4-11(9)17-20(18,19)12-6-8(15)1-3-10(12)16/h1-6,17H. The van der Waals surface area contributed by atoms with Crippen molar-refractivity contribution in [2.75, 3.05) is 4.72 Å². The van der Waals surface area contributed by atoms with E-state index in [4.69, 9.17) is 34.8 Å². The molecule has 0 aliphatic carbocycles. The molecule has 2 rings (SSSR count). The van der Waals surface area contributed by atoms with Crippen LogP contribution in [0.3, 0.4) is 0 Å². The summed E-state index contributed by atoms with van der Waals surface area (Å²) in [4.78, 5) is -0.0893. The SMILES string of the molecule is O=S(=O)(Nc1ccc(Cl)cc1Br)c1cc(Cl)ccc1Cl. The third kappa shape index (κ3) is 3.59. The summed E-state index contributed by atoms with van der Waals surface area (Å²) in [6, 6.07) is 8.93. The summed E-state index contributed by atoms with van der Waals surface area (Å²) in [7, 11) is -3.84. The molecule has 0 amide bonds. The molecule has 2 aromatic rings. The van der Waals surface area contributed by atoms with Crippen molar-refractivity contribution in [1.82, 2.24) is 0 Å². The highest BCUT2D eigenvalue weighted by atomic mass is 79.9. The van der Waals surface area contributed by atoms with Crippen molar-refractivity contribution in [1.29, 1.82) is 0 Å². The fourth-order valence-corrected chi connectivity index (χ4v) is 4.21. The van der Waals surface area contributed by atoms with Crippen LogP contribution in [0.5, 0.6) is 0 Å². The van der Waals surface area contributed by atoms with Gasteiger partial charge in [0, 0.05) is 14.5 Å². The zero-order valence-electron chi connectivity index (χ0n) is 9.70. The minimum atomic E-state index is -3.84. The predicted molar refractivity (Wildman–Crippen MR) is 86.4 cm³/mol. The first-order valence-electron chi connectivity index (χ1n) is 5.22. The van der Waals surface area contributed by atoms with Gasteiger partial charge in [0.2, 0.25) is 0 Å². The number of benzene rings is 2. The van der Waals surface area contributed by atoms with E-state index in [-0.39, 0.29) is 14.9 Å². The van der Waals surface area contributed by atoms with E-state index in [0.717, 1.165) is 0 Å². The van der Waals surface area contributed by atoms with E-state index >= 15 is 0 Å². The van der Waals surface area contributed by atoms with Crippen molar-refractivity contribution in [2.45, 2.75) is 4.90 Å². The van der Waals surface area contributed by atoms with Gasteiger partial charge in [-0.2, -0.15) is 0 Å². The van der Waals surface area contributed by atoms with Crippen LogP contribution in [0, 0.1) is 0 Å². The van der Waals surface area contributed by atoms with Crippen LogP contribution < -0.4 is 4.72 Å². The number of nitrogens with one attached hydrogen (secondary N) is 1. The fraction of sp³-hybridized carbons (Fsp3) is 0. The van der Waals surface area contributed by atoms with Gasteiger partial charge in [-0.05, 0) is 52.3 Å². The fourth-order valence-electron chi connectivity index (χ4n) is 1.46. The highest BCUT2D eigenvalue weighted by molar-refractivity contribution is 9.10. The van der Waals surface area contributed by atoms with Gasteiger partial charge in [-0.15, -0.1) is 0 Å². The molecule has 0 unspecified atom stereocenters. The highest BCUT2D eigenvalue weighted by Gasteiger charge is 2.19. The van der Waals surface area contributed by atoms with Gasteiger partial charge in [0.05, 0.1) is 10.7 Å². The number of sulfonamides is 1. The second-order valence-corrected chi connectivity index (χ2v) is 7.59. The molecule has 20 heavy (non-hydrogen) atoms. The maximum absolute atomic E-state index is 12.3. The van der Waals surface area contributed by atoms with E-state index in [0.29, 0.717) is 15.2 Å². The van der Waals surface area contributed by atoms with Crippen molar-refractivity contribution in [2.24, 2.45) is 0 Å². The number of hydrogen-bond donors (Lipinski definition) is 1. The van der Waals surface area contributed by atoms with Gasteiger partial charge < -0.3 is 0 Å². The molecule has 2 aromatic carbocycles. The van der Waals surface area contributed by atoms with Crippen LogP contribution in [0.1, 0.15) is 0 Å². The van der Waals surface area contributed by atoms with E-state index in [1.54, 1.807) is 18.2 Å². The van der Waals surface area contributed by atoms with Crippen LogP contribution in [0.25, 0.3) is 0 Å². The number of hydrogen-bond acceptors (Lipinski definition) is 2. The lowest BCUT2D eigenvalue weighted by atomic mass is 10.3. The van der Waals surface area contributed by atoms with Gasteiger partial charge in [0.15, 0.2) is 0 Å². The third-order valence-corrected chi connectivity index (χ3v) is 5.33. The lowest BCUT2D eigenvalue weighted by molar-refractivity contribution is 0.601. The topological polar surface area (TPSA) is 46.2 Å². The Hall–Kier alpha value is -0.460. The van der Waals surface area contributed by atoms with Crippen LogP contribution >= 0.6 is 50.7 Å². The van der Waals surface area contributed by atoms with Crippen LogP contribution in [0.4, 0.5) is 5.69 Å². The molecular formula is C12H7BrCl3NO2S. The molecule has 0 radical (unpaired) electrons. The van der Waals surface area contributed by atoms with Crippen LogP contribution in [0.15, 0.2) is 45.8 Å². The Morgan fingerprint density at radius 1 is 0.950 bits per heavy atom. The van der Waals surface area contributed by atoms with Crippen LogP contribution in [0.2, 0.25) is 15.1 Å². The maximum Gasteiger partial charge on any atom is 0.263 e. The molecular weight excluding hydrogens is 408 g/mol. The Balaban J connectivity index is 2.43. The molecule has 0 fully saturated rings. The summed E-state index contributed by atoms with van der Waals surface area (Å²) < 4.78 is 27.5. The van der Waals surface area contributed by atoms with E-state index in [1.807, 2.05) is 0 Å². The summed E-state index contributed by atoms with van der Waals surface area (Å²) in [6.07, 6.45) is 0. The smallest absolute Gasteiger partial charge is 0.263 e. The average Bonchev–Trinajstić information content (AvgIpc) is 2.35. The van der Waals surface area contributed by atoms with E-state index in [9.17, 15) is 8.42 Å². The molecule has 0 bridgehead atoms. The molecule has 1 N–H and O–H groups in total. The van der Waals surface area contributed by atoms with Crippen molar-refractivity contribution >= 4 is 66.4 Å². The van der Waals surface area contributed by atoms with Crippen molar-refractivity contribution < 1.29 is 8.42 Å². The average molecular weight is 416 g/mol. The Labute approximate surface area is 140 Å². The molecule has 0 heterocycles. The van der Waals surface area contributed by atoms with Gasteiger partial charge >= 0.3 is 0 Å². The van der Waals surface area contributed by atoms with Gasteiger partial charge in [-0.3, -0.25) is 4.72 Å². The third-order valence-electron chi connectivity index (χ3n) is 2.36. The molecule has 0 saturated carbocycles. The van der Waals surface area contributed by atoms with Gasteiger partial charge in [0.25, 0.3) is 10.0 Å². The number of halogens is 4. The van der Waals surface area contributed by atoms with Crippen LogP contribution in [-0.4, -0.2) is 8.42 Å². The van der Waals surface area contributed by atoms with Crippen molar-refractivity contribution in [3.8, 4) is 0 Å². The zero-order chi connectivity index (χ0) is 14.9. The Bertz CT molecular complexity index is 765. The molecule has 0 saturated heterocycles. The van der Waals surface area contributed by atoms with Gasteiger partial charge in [0.1, 0.15) is 4.90 Å². The monoisotopic (exact) mass is 413 g/mol. The molecule has 0 aliphatic rings. The second-order valence-electron chi connectivity index (χ2n) is 3.80.